The second kappa shape index (κ2) is 5.36. The minimum atomic E-state index is -4.46. The molecule has 0 aromatic carbocycles. The number of alkyl halides is 4. The van der Waals surface area contributed by atoms with Gasteiger partial charge in [0.05, 0.1) is 0 Å². The minimum Gasteiger partial charge on any atom is -0.351 e. The molecular formula is C13H14ClF3N4. The van der Waals surface area contributed by atoms with E-state index < -0.39 is 11.9 Å². The van der Waals surface area contributed by atoms with Crippen molar-refractivity contribution in [1.29, 1.82) is 0 Å². The fourth-order valence-electron chi connectivity index (χ4n) is 2.71. The molecule has 1 aliphatic rings. The maximum Gasteiger partial charge on any atom is 0.435 e. The van der Waals surface area contributed by atoms with E-state index in [-0.39, 0.29) is 6.04 Å². The molecule has 0 N–H and O–H groups in total. The number of rotatable bonds is 2. The second-order valence-electron chi connectivity index (χ2n) is 5.11. The van der Waals surface area contributed by atoms with Gasteiger partial charge in [-0.2, -0.15) is 18.3 Å². The summed E-state index contributed by atoms with van der Waals surface area (Å²) in [5.74, 6) is 0.953. The number of hydrogen-bond acceptors (Lipinski definition) is 3. The van der Waals surface area contributed by atoms with E-state index in [0.29, 0.717) is 17.2 Å². The summed E-state index contributed by atoms with van der Waals surface area (Å²) in [7, 11) is 0. The summed E-state index contributed by atoms with van der Waals surface area (Å²) in [6.45, 7) is 0.747. The van der Waals surface area contributed by atoms with Crippen molar-refractivity contribution in [2.24, 2.45) is 0 Å². The number of halogens is 4. The van der Waals surface area contributed by atoms with Gasteiger partial charge in [0.15, 0.2) is 11.5 Å². The number of aromatic nitrogens is 3. The van der Waals surface area contributed by atoms with Crippen LogP contribution >= 0.6 is 11.6 Å². The molecule has 0 bridgehead atoms. The Labute approximate surface area is 124 Å². The zero-order chi connectivity index (χ0) is 15.0. The summed E-state index contributed by atoms with van der Waals surface area (Å²) in [6.07, 6.45) is 1.41. The summed E-state index contributed by atoms with van der Waals surface area (Å²) < 4.78 is 39.7. The molecular weight excluding hydrogens is 305 g/mol. The minimum absolute atomic E-state index is 0.100. The molecule has 1 unspecified atom stereocenters. The van der Waals surface area contributed by atoms with Gasteiger partial charge < -0.3 is 4.90 Å². The Morgan fingerprint density at radius 1 is 1.33 bits per heavy atom. The third-order valence-electron chi connectivity index (χ3n) is 3.74. The van der Waals surface area contributed by atoms with Crippen molar-refractivity contribution in [3.8, 4) is 0 Å². The summed E-state index contributed by atoms with van der Waals surface area (Å²) in [6, 6.07) is 1.14. The van der Waals surface area contributed by atoms with Crippen LogP contribution in [0.25, 0.3) is 5.52 Å². The van der Waals surface area contributed by atoms with Gasteiger partial charge in [0.25, 0.3) is 0 Å². The predicted octanol–water partition coefficient (Wildman–Crippen LogP) is 3.35. The lowest BCUT2D eigenvalue weighted by molar-refractivity contribution is -0.141. The van der Waals surface area contributed by atoms with Gasteiger partial charge in [0, 0.05) is 36.9 Å². The normalized spacial score (nSPS) is 20.2. The van der Waals surface area contributed by atoms with E-state index in [2.05, 4.69) is 10.1 Å². The highest BCUT2D eigenvalue weighted by Gasteiger charge is 2.35. The third-order valence-corrected chi connectivity index (χ3v) is 4.09. The van der Waals surface area contributed by atoms with E-state index in [9.17, 15) is 13.2 Å². The van der Waals surface area contributed by atoms with E-state index in [0.717, 1.165) is 31.9 Å². The first kappa shape index (κ1) is 14.4. The SMILES string of the molecule is FC(F)(F)c1cc2c(N3CCCCC3CCl)nccn2n1. The quantitative estimate of drug-likeness (QED) is 0.796. The van der Waals surface area contributed by atoms with Crippen LogP contribution in [0.4, 0.5) is 19.0 Å². The molecule has 1 saturated heterocycles. The molecule has 1 atom stereocenters. The molecule has 8 heteroatoms. The van der Waals surface area contributed by atoms with Crippen molar-refractivity contribution in [2.45, 2.75) is 31.5 Å². The van der Waals surface area contributed by atoms with Crippen molar-refractivity contribution >= 4 is 22.9 Å². The van der Waals surface area contributed by atoms with Crippen molar-refractivity contribution in [3.05, 3.63) is 24.2 Å². The van der Waals surface area contributed by atoms with Crippen molar-refractivity contribution in [2.75, 3.05) is 17.3 Å². The van der Waals surface area contributed by atoms with Gasteiger partial charge in [0.1, 0.15) is 5.52 Å². The molecule has 2 aromatic heterocycles. The average Bonchev–Trinajstić information content (AvgIpc) is 2.91. The van der Waals surface area contributed by atoms with Gasteiger partial charge >= 0.3 is 6.18 Å². The van der Waals surface area contributed by atoms with Gasteiger partial charge in [0.2, 0.25) is 0 Å². The Bertz CT molecular complexity index is 640. The smallest absolute Gasteiger partial charge is 0.351 e. The van der Waals surface area contributed by atoms with Gasteiger partial charge in [-0.25, -0.2) is 9.50 Å². The van der Waals surface area contributed by atoms with Crippen LogP contribution in [0.15, 0.2) is 18.5 Å². The molecule has 0 amide bonds. The van der Waals surface area contributed by atoms with Crippen LogP contribution in [-0.4, -0.2) is 33.1 Å². The highest BCUT2D eigenvalue weighted by Crippen LogP contribution is 2.32. The van der Waals surface area contributed by atoms with E-state index in [4.69, 9.17) is 11.6 Å². The zero-order valence-electron chi connectivity index (χ0n) is 11.1. The largest absolute Gasteiger partial charge is 0.435 e. The van der Waals surface area contributed by atoms with Gasteiger partial charge in [-0.15, -0.1) is 11.6 Å². The average molecular weight is 319 g/mol. The summed E-state index contributed by atoms with van der Waals surface area (Å²) in [4.78, 5) is 6.26. The van der Waals surface area contributed by atoms with E-state index in [1.807, 2.05) is 4.90 Å². The monoisotopic (exact) mass is 318 g/mol. The highest BCUT2D eigenvalue weighted by atomic mass is 35.5. The predicted molar refractivity (Wildman–Crippen MR) is 73.7 cm³/mol. The first-order valence-corrected chi connectivity index (χ1v) is 7.28. The molecule has 3 rings (SSSR count). The second-order valence-corrected chi connectivity index (χ2v) is 5.41. The van der Waals surface area contributed by atoms with Gasteiger partial charge in [-0.1, -0.05) is 0 Å². The number of fused-ring (bicyclic) bond motifs is 1. The Morgan fingerprint density at radius 3 is 2.86 bits per heavy atom. The van der Waals surface area contributed by atoms with Crippen LogP contribution in [-0.2, 0) is 6.18 Å². The molecule has 21 heavy (non-hydrogen) atoms. The maximum absolute atomic E-state index is 12.8. The standard InChI is InChI=1S/C13H14ClF3N4/c14-8-9-3-1-2-5-20(9)12-10-7-11(13(15,16)17)19-21(10)6-4-18-12/h4,6-7,9H,1-3,5,8H2. The fraction of sp³-hybridized carbons (Fsp3) is 0.538. The van der Waals surface area contributed by atoms with Crippen molar-refractivity contribution in [1.82, 2.24) is 14.6 Å². The summed E-state index contributed by atoms with van der Waals surface area (Å²) in [5, 5.41) is 3.58. The topological polar surface area (TPSA) is 33.4 Å². The fourth-order valence-corrected chi connectivity index (χ4v) is 3.03. The van der Waals surface area contributed by atoms with E-state index >= 15 is 0 Å². The van der Waals surface area contributed by atoms with Crippen LogP contribution in [0.5, 0.6) is 0 Å². The molecule has 0 spiro atoms. The van der Waals surface area contributed by atoms with E-state index in [1.165, 1.54) is 16.9 Å². The lowest BCUT2D eigenvalue weighted by Gasteiger charge is -2.35. The van der Waals surface area contributed by atoms with Gasteiger partial charge in [-0.05, 0) is 19.3 Å². The molecule has 0 saturated carbocycles. The molecule has 0 aliphatic carbocycles. The Hall–Kier alpha value is -1.50. The Balaban J connectivity index is 2.07. The Kier molecular flexibility index (Phi) is 3.69. The van der Waals surface area contributed by atoms with Crippen molar-refractivity contribution in [3.63, 3.8) is 0 Å². The summed E-state index contributed by atoms with van der Waals surface area (Å²) in [5.41, 5.74) is -0.543. The van der Waals surface area contributed by atoms with E-state index in [1.54, 1.807) is 0 Å². The highest BCUT2D eigenvalue weighted by molar-refractivity contribution is 6.18. The molecule has 114 valence electrons. The molecule has 2 aromatic rings. The Morgan fingerprint density at radius 2 is 2.14 bits per heavy atom. The first-order chi connectivity index (χ1) is 10.0. The van der Waals surface area contributed by atoms with Crippen LogP contribution in [0.1, 0.15) is 25.0 Å². The third kappa shape index (κ3) is 2.66. The van der Waals surface area contributed by atoms with Gasteiger partial charge in [-0.3, -0.25) is 0 Å². The molecule has 0 radical (unpaired) electrons. The molecule has 4 nitrogen and oxygen atoms in total. The van der Waals surface area contributed by atoms with Crippen LogP contribution < -0.4 is 4.90 Å². The number of nitrogens with zero attached hydrogens (tertiary/aromatic N) is 4. The van der Waals surface area contributed by atoms with Crippen molar-refractivity contribution < 1.29 is 13.2 Å². The summed E-state index contributed by atoms with van der Waals surface area (Å²) >= 11 is 5.98. The van der Waals surface area contributed by atoms with Crippen LogP contribution in [0, 0.1) is 0 Å². The lowest BCUT2D eigenvalue weighted by atomic mass is 10.0. The lowest BCUT2D eigenvalue weighted by Crippen LogP contribution is -2.41. The number of piperidine rings is 1. The molecule has 3 heterocycles. The number of anilines is 1. The van der Waals surface area contributed by atoms with Crippen LogP contribution in [0.2, 0.25) is 0 Å². The molecule has 1 fully saturated rings. The molecule has 1 aliphatic heterocycles. The number of hydrogen-bond donors (Lipinski definition) is 0. The zero-order valence-corrected chi connectivity index (χ0v) is 11.9. The van der Waals surface area contributed by atoms with Crippen LogP contribution in [0.3, 0.4) is 0 Å². The first-order valence-electron chi connectivity index (χ1n) is 6.75. The maximum atomic E-state index is 12.8.